The largest absolute Gasteiger partial charge is 0.395 e. The first kappa shape index (κ1) is 10.7. The molecule has 0 spiro atoms. The smallest absolute Gasteiger partial charge is 0.0587 e. The zero-order valence-corrected chi connectivity index (χ0v) is 9.26. The first-order chi connectivity index (χ1) is 7.33. The second-order valence-electron chi connectivity index (χ2n) is 4.30. The van der Waals surface area contributed by atoms with Crippen LogP contribution in [-0.2, 0) is 0 Å². The normalized spacial score (nSPS) is 24.3. The van der Waals surface area contributed by atoms with Gasteiger partial charge in [-0.2, -0.15) is 0 Å². The van der Waals surface area contributed by atoms with E-state index in [0.717, 1.165) is 13.0 Å². The van der Waals surface area contributed by atoms with Crippen LogP contribution in [0.3, 0.4) is 0 Å². The van der Waals surface area contributed by atoms with E-state index in [9.17, 15) is 5.11 Å². The number of rotatable bonds is 3. The Morgan fingerprint density at radius 1 is 1.40 bits per heavy atom. The summed E-state index contributed by atoms with van der Waals surface area (Å²) in [6, 6.07) is 11.3. The Bertz CT molecular complexity index is 299. The zero-order valence-electron chi connectivity index (χ0n) is 9.26. The standard InChI is InChI=1S/C13H19NO/c1-11(12-6-3-2-4-7-12)14-9-5-8-13(14)10-15/h2-4,6-7,11,13,15H,5,8-10H2,1H3/t11?,13-/m1/s1. The molecule has 1 fully saturated rings. The number of likely N-dealkylation sites (tertiary alicyclic amines) is 1. The van der Waals surface area contributed by atoms with Gasteiger partial charge in [0.25, 0.3) is 0 Å². The third kappa shape index (κ3) is 2.21. The minimum absolute atomic E-state index is 0.289. The average molecular weight is 205 g/mol. The molecule has 1 saturated heterocycles. The van der Waals surface area contributed by atoms with E-state index in [2.05, 4.69) is 36.1 Å². The van der Waals surface area contributed by atoms with Gasteiger partial charge in [-0.1, -0.05) is 30.3 Å². The zero-order chi connectivity index (χ0) is 10.7. The Balaban J connectivity index is 2.10. The summed E-state index contributed by atoms with van der Waals surface area (Å²) < 4.78 is 0. The SMILES string of the molecule is CC(c1ccccc1)N1CCC[C@@H]1CO. The van der Waals surface area contributed by atoms with Crippen LogP contribution in [-0.4, -0.2) is 29.2 Å². The summed E-state index contributed by atoms with van der Waals surface area (Å²) in [7, 11) is 0. The molecule has 1 aliphatic rings. The fraction of sp³-hybridized carbons (Fsp3) is 0.538. The highest BCUT2D eigenvalue weighted by atomic mass is 16.3. The van der Waals surface area contributed by atoms with Gasteiger partial charge in [-0.15, -0.1) is 0 Å². The minimum atomic E-state index is 0.289. The predicted octanol–water partition coefficient (Wildman–Crippen LogP) is 2.20. The van der Waals surface area contributed by atoms with Crippen LogP contribution >= 0.6 is 0 Å². The quantitative estimate of drug-likeness (QED) is 0.817. The Kier molecular flexibility index (Phi) is 3.39. The lowest BCUT2D eigenvalue weighted by Crippen LogP contribution is -2.34. The van der Waals surface area contributed by atoms with Crippen molar-refractivity contribution >= 4 is 0 Å². The molecule has 0 aliphatic carbocycles. The second-order valence-corrected chi connectivity index (χ2v) is 4.30. The molecule has 0 bridgehead atoms. The van der Waals surface area contributed by atoms with Gasteiger partial charge in [0.15, 0.2) is 0 Å². The molecule has 1 unspecified atom stereocenters. The van der Waals surface area contributed by atoms with Crippen LogP contribution in [0.1, 0.15) is 31.4 Å². The highest BCUT2D eigenvalue weighted by molar-refractivity contribution is 5.18. The van der Waals surface area contributed by atoms with Gasteiger partial charge >= 0.3 is 0 Å². The fourth-order valence-corrected chi connectivity index (χ4v) is 2.49. The molecule has 2 heteroatoms. The number of hydrogen-bond donors (Lipinski definition) is 1. The third-order valence-corrected chi connectivity index (χ3v) is 3.41. The number of aliphatic hydroxyl groups is 1. The molecule has 82 valence electrons. The van der Waals surface area contributed by atoms with E-state index in [1.54, 1.807) is 0 Å². The Morgan fingerprint density at radius 3 is 2.80 bits per heavy atom. The topological polar surface area (TPSA) is 23.5 Å². The highest BCUT2D eigenvalue weighted by Crippen LogP contribution is 2.28. The third-order valence-electron chi connectivity index (χ3n) is 3.41. The fourth-order valence-electron chi connectivity index (χ4n) is 2.49. The van der Waals surface area contributed by atoms with Crippen LogP contribution in [0.5, 0.6) is 0 Å². The Hall–Kier alpha value is -0.860. The highest BCUT2D eigenvalue weighted by Gasteiger charge is 2.28. The van der Waals surface area contributed by atoms with Gasteiger partial charge in [-0.05, 0) is 31.9 Å². The first-order valence-corrected chi connectivity index (χ1v) is 5.74. The molecule has 1 aromatic rings. The number of hydrogen-bond acceptors (Lipinski definition) is 2. The Morgan fingerprint density at radius 2 is 2.13 bits per heavy atom. The molecule has 0 radical (unpaired) electrons. The van der Waals surface area contributed by atoms with E-state index in [1.807, 2.05) is 6.07 Å². The van der Waals surface area contributed by atoms with Crippen molar-refractivity contribution in [3.05, 3.63) is 35.9 Å². The maximum atomic E-state index is 9.29. The van der Waals surface area contributed by atoms with Gasteiger partial charge in [0.05, 0.1) is 6.61 Å². The molecule has 0 saturated carbocycles. The van der Waals surface area contributed by atoms with Gasteiger partial charge in [-0.25, -0.2) is 0 Å². The van der Waals surface area contributed by atoms with Gasteiger partial charge in [0.2, 0.25) is 0 Å². The van der Waals surface area contributed by atoms with Crippen LogP contribution in [0.2, 0.25) is 0 Å². The summed E-state index contributed by atoms with van der Waals surface area (Å²) in [5.41, 5.74) is 1.35. The van der Waals surface area contributed by atoms with Crippen molar-refractivity contribution in [2.24, 2.45) is 0 Å². The summed E-state index contributed by atoms with van der Waals surface area (Å²) in [5.74, 6) is 0. The van der Waals surface area contributed by atoms with Crippen LogP contribution < -0.4 is 0 Å². The summed E-state index contributed by atoms with van der Waals surface area (Å²) >= 11 is 0. The monoisotopic (exact) mass is 205 g/mol. The van der Waals surface area contributed by atoms with Crippen molar-refractivity contribution in [1.29, 1.82) is 0 Å². The summed E-state index contributed by atoms with van der Waals surface area (Å²) in [5, 5.41) is 9.29. The minimum Gasteiger partial charge on any atom is -0.395 e. The molecule has 15 heavy (non-hydrogen) atoms. The van der Waals surface area contributed by atoms with Crippen molar-refractivity contribution in [3.8, 4) is 0 Å². The van der Waals surface area contributed by atoms with E-state index in [4.69, 9.17) is 0 Å². The number of aliphatic hydroxyl groups excluding tert-OH is 1. The van der Waals surface area contributed by atoms with Crippen molar-refractivity contribution < 1.29 is 5.11 Å². The van der Waals surface area contributed by atoms with Gasteiger partial charge in [-0.3, -0.25) is 4.90 Å². The van der Waals surface area contributed by atoms with E-state index in [1.165, 1.54) is 12.0 Å². The molecule has 1 heterocycles. The Labute approximate surface area is 91.5 Å². The van der Waals surface area contributed by atoms with Gasteiger partial charge < -0.3 is 5.11 Å². The first-order valence-electron chi connectivity index (χ1n) is 5.74. The molecule has 1 aliphatic heterocycles. The molecular weight excluding hydrogens is 186 g/mol. The molecule has 2 atom stereocenters. The summed E-state index contributed by atoms with van der Waals surface area (Å²) in [6.45, 7) is 3.63. The average Bonchev–Trinajstić information content (AvgIpc) is 2.77. The molecule has 1 aromatic carbocycles. The predicted molar refractivity (Wildman–Crippen MR) is 61.7 cm³/mol. The second kappa shape index (κ2) is 4.77. The summed E-state index contributed by atoms with van der Waals surface area (Å²) in [6.07, 6.45) is 2.34. The van der Waals surface area contributed by atoms with Crippen molar-refractivity contribution in [2.75, 3.05) is 13.2 Å². The maximum absolute atomic E-state index is 9.29. The van der Waals surface area contributed by atoms with Gasteiger partial charge in [0.1, 0.15) is 0 Å². The van der Waals surface area contributed by atoms with Crippen LogP contribution in [0.15, 0.2) is 30.3 Å². The van der Waals surface area contributed by atoms with E-state index < -0.39 is 0 Å². The maximum Gasteiger partial charge on any atom is 0.0587 e. The number of nitrogens with zero attached hydrogens (tertiary/aromatic N) is 1. The lowest BCUT2D eigenvalue weighted by molar-refractivity contribution is 0.126. The van der Waals surface area contributed by atoms with Crippen LogP contribution in [0.25, 0.3) is 0 Å². The molecule has 2 nitrogen and oxygen atoms in total. The lowest BCUT2D eigenvalue weighted by atomic mass is 10.1. The van der Waals surface area contributed by atoms with Gasteiger partial charge in [0, 0.05) is 12.1 Å². The lowest BCUT2D eigenvalue weighted by Gasteiger charge is -2.29. The van der Waals surface area contributed by atoms with E-state index >= 15 is 0 Å². The number of benzene rings is 1. The molecule has 2 rings (SSSR count). The van der Waals surface area contributed by atoms with Crippen molar-refractivity contribution in [2.45, 2.75) is 31.8 Å². The molecule has 0 amide bonds. The van der Waals surface area contributed by atoms with E-state index in [0.29, 0.717) is 12.1 Å². The van der Waals surface area contributed by atoms with Crippen molar-refractivity contribution in [3.63, 3.8) is 0 Å². The van der Waals surface area contributed by atoms with Crippen molar-refractivity contribution in [1.82, 2.24) is 4.90 Å². The molecule has 1 N–H and O–H groups in total. The molecule has 0 aromatic heterocycles. The van der Waals surface area contributed by atoms with Crippen LogP contribution in [0, 0.1) is 0 Å². The van der Waals surface area contributed by atoms with E-state index in [-0.39, 0.29) is 6.61 Å². The molecular formula is C13H19NO. The summed E-state index contributed by atoms with van der Waals surface area (Å²) in [4.78, 5) is 2.41. The van der Waals surface area contributed by atoms with Crippen LogP contribution in [0.4, 0.5) is 0 Å².